The van der Waals surface area contributed by atoms with E-state index in [9.17, 15) is 4.79 Å². The number of carbonyl (C=O) groups excluding carboxylic acids is 1. The van der Waals surface area contributed by atoms with Gasteiger partial charge in [-0.2, -0.15) is 0 Å². The summed E-state index contributed by atoms with van der Waals surface area (Å²) in [6, 6.07) is 0.0114. The van der Waals surface area contributed by atoms with Crippen LogP contribution in [0.5, 0.6) is 0 Å². The van der Waals surface area contributed by atoms with Crippen molar-refractivity contribution in [1.29, 1.82) is 0 Å². The molecule has 4 nitrogen and oxygen atoms in total. The molecule has 0 bridgehead atoms. The summed E-state index contributed by atoms with van der Waals surface area (Å²) < 4.78 is 5.61. The van der Waals surface area contributed by atoms with Gasteiger partial charge < -0.3 is 10.1 Å². The van der Waals surface area contributed by atoms with E-state index < -0.39 is 0 Å². The molecule has 0 spiro atoms. The Labute approximate surface area is 113 Å². The van der Waals surface area contributed by atoms with Crippen molar-refractivity contribution in [1.82, 2.24) is 10.6 Å². The number of nitrogens with one attached hydrogen (secondary N) is 2. The van der Waals surface area contributed by atoms with E-state index in [0.29, 0.717) is 6.10 Å². The van der Waals surface area contributed by atoms with Crippen molar-refractivity contribution in [2.75, 3.05) is 24.8 Å². The normalized spacial score (nSPS) is 28.5. The van der Waals surface area contributed by atoms with Gasteiger partial charge in [0.15, 0.2) is 0 Å². The van der Waals surface area contributed by atoms with E-state index in [1.165, 1.54) is 12.8 Å². The highest BCUT2D eigenvalue weighted by Crippen LogP contribution is 2.15. The minimum Gasteiger partial charge on any atom is -0.378 e. The van der Waals surface area contributed by atoms with Crippen molar-refractivity contribution in [3.63, 3.8) is 0 Å². The molecule has 2 fully saturated rings. The molecule has 0 radical (unpaired) electrons. The summed E-state index contributed by atoms with van der Waals surface area (Å²) in [5.74, 6) is 1.93. The molecule has 2 saturated heterocycles. The molecular formula is C11H21ClN2O2S. The second-order valence-electron chi connectivity index (χ2n) is 4.34. The number of rotatable bonds is 4. The average molecular weight is 281 g/mol. The van der Waals surface area contributed by atoms with Gasteiger partial charge in [0, 0.05) is 24.8 Å². The second-order valence-corrected chi connectivity index (χ2v) is 5.37. The molecule has 1 amide bonds. The topological polar surface area (TPSA) is 50.4 Å². The quantitative estimate of drug-likeness (QED) is 0.811. The van der Waals surface area contributed by atoms with Crippen molar-refractivity contribution in [3.05, 3.63) is 0 Å². The van der Waals surface area contributed by atoms with Gasteiger partial charge in [-0.25, -0.2) is 0 Å². The lowest BCUT2D eigenvalue weighted by atomic mass is 10.1. The number of hydrogen-bond acceptors (Lipinski definition) is 4. The van der Waals surface area contributed by atoms with Crippen molar-refractivity contribution in [2.45, 2.75) is 37.8 Å². The maximum Gasteiger partial charge on any atom is 0.238 e. The summed E-state index contributed by atoms with van der Waals surface area (Å²) >= 11 is 1.78. The molecule has 2 heterocycles. The van der Waals surface area contributed by atoms with Gasteiger partial charge in [0.05, 0.1) is 12.1 Å². The predicted molar refractivity (Wildman–Crippen MR) is 72.7 cm³/mol. The van der Waals surface area contributed by atoms with Crippen LogP contribution in [0, 0.1) is 0 Å². The van der Waals surface area contributed by atoms with E-state index in [4.69, 9.17) is 4.74 Å². The Balaban J connectivity index is 0.00000144. The first-order chi connectivity index (χ1) is 7.86. The van der Waals surface area contributed by atoms with Crippen LogP contribution >= 0.6 is 24.2 Å². The molecule has 0 aliphatic carbocycles. The van der Waals surface area contributed by atoms with E-state index in [0.717, 1.165) is 37.6 Å². The minimum atomic E-state index is 0. The molecule has 2 unspecified atom stereocenters. The van der Waals surface area contributed by atoms with Crippen molar-refractivity contribution < 1.29 is 9.53 Å². The summed E-state index contributed by atoms with van der Waals surface area (Å²) in [7, 11) is 0. The molecule has 0 saturated carbocycles. The molecule has 2 rings (SSSR count). The lowest BCUT2D eigenvalue weighted by molar-refractivity contribution is -0.122. The van der Waals surface area contributed by atoms with Crippen LogP contribution in [0.15, 0.2) is 0 Å². The first-order valence-corrected chi connectivity index (χ1v) is 7.22. The van der Waals surface area contributed by atoms with Crippen LogP contribution in [0.1, 0.15) is 25.7 Å². The second kappa shape index (κ2) is 8.19. The van der Waals surface area contributed by atoms with Gasteiger partial charge in [-0.1, -0.05) is 0 Å². The number of halogens is 1. The maximum atomic E-state index is 11.7. The van der Waals surface area contributed by atoms with Crippen LogP contribution in [0.4, 0.5) is 0 Å². The van der Waals surface area contributed by atoms with Crippen LogP contribution in [-0.4, -0.2) is 42.8 Å². The van der Waals surface area contributed by atoms with Crippen LogP contribution in [0.2, 0.25) is 0 Å². The number of amides is 1. The monoisotopic (exact) mass is 280 g/mol. The molecule has 2 aliphatic heterocycles. The molecule has 2 aliphatic rings. The Morgan fingerprint density at radius 1 is 1.47 bits per heavy atom. The molecule has 0 aromatic rings. The van der Waals surface area contributed by atoms with Gasteiger partial charge in [0.1, 0.15) is 0 Å². The number of ether oxygens (including phenoxy) is 1. The number of carbonyl (C=O) groups is 1. The van der Waals surface area contributed by atoms with Gasteiger partial charge >= 0.3 is 0 Å². The van der Waals surface area contributed by atoms with Gasteiger partial charge in [0.2, 0.25) is 5.91 Å². The van der Waals surface area contributed by atoms with E-state index in [2.05, 4.69) is 10.6 Å². The standard InChI is InChI=1S/C11H20N2O2S.ClH/c14-11(10-7-16-8-13-10)12-5-4-9-3-1-2-6-15-9;/h9-10,13H,1-8H2,(H,12,14);1H. The van der Waals surface area contributed by atoms with E-state index in [-0.39, 0.29) is 24.4 Å². The van der Waals surface area contributed by atoms with Gasteiger partial charge in [0.25, 0.3) is 0 Å². The molecule has 2 N–H and O–H groups in total. The average Bonchev–Trinajstić information content (AvgIpc) is 2.84. The third-order valence-corrected chi connectivity index (χ3v) is 4.01. The summed E-state index contributed by atoms with van der Waals surface area (Å²) in [5, 5.41) is 6.14. The molecule has 100 valence electrons. The number of hydrogen-bond donors (Lipinski definition) is 2. The summed E-state index contributed by atoms with van der Waals surface area (Å²) in [5.41, 5.74) is 0. The predicted octanol–water partition coefficient (Wildman–Crippen LogP) is 1.15. The van der Waals surface area contributed by atoms with E-state index in [1.807, 2.05) is 0 Å². The zero-order chi connectivity index (χ0) is 11.2. The highest BCUT2D eigenvalue weighted by molar-refractivity contribution is 7.99. The van der Waals surface area contributed by atoms with Gasteiger partial charge in [-0.3, -0.25) is 10.1 Å². The highest BCUT2D eigenvalue weighted by Gasteiger charge is 2.22. The SMILES string of the molecule is Cl.O=C(NCCC1CCCCO1)C1CSCN1. The summed E-state index contributed by atoms with van der Waals surface area (Å²) in [6.45, 7) is 1.63. The lowest BCUT2D eigenvalue weighted by Crippen LogP contribution is -2.43. The minimum absolute atomic E-state index is 0. The Bertz CT molecular complexity index is 232. The lowest BCUT2D eigenvalue weighted by Gasteiger charge is -2.22. The summed E-state index contributed by atoms with van der Waals surface area (Å²) in [6.07, 6.45) is 4.91. The number of thioether (sulfide) groups is 1. The Morgan fingerprint density at radius 3 is 3.00 bits per heavy atom. The smallest absolute Gasteiger partial charge is 0.238 e. The third kappa shape index (κ3) is 5.04. The van der Waals surface area contributed by atoms with Crippen LogP contribution in [-0.2, 0) is 9.53 Å². The maximum absolute atomic E-state index is 11.7. The van der Waals surface area contributed by atoms with E-state index in [1.54, 1.807) is 11.8 Å². The van der Waals surface area contributed by atoms with Crippen molar-refractivity contribution in [2.24, 2.45) is 0 Å². The van der Waals surface area contributed by atoms with Gasteiger partial charge in [-0.05, 0) is 25.7 Å². The molecule has 2 atom stereocenters. The van der Waals surface area contributed by atoms with Crippen molar-refractivity contribution in [3.8, 4) is 0 Å². The molecule has 17 heavy (non-hydrogen) atoms. The molecule has 6 heteroatoms. The van der Waals surface area contributed by atoms with Gasteiger partial charge in [-0.15, -0.1) is 24.2 Å². The third-order valence-electron chi connectivity index (χ3n) is 3.07. The highest BCUT2D eigenvalue weighted by atomic mass is 35.5. The van der Waals surface area contributed by atoms with Crippen LogP contribution < -0.4 is 10.6 Å². The Morgan fingerprint density at radius 2 is 2.35 bits per heavy atom. The first kappa shape index (κ1) is 15.1. The zero-order valence-electron chi connectivity index (χ0n) is 9.94. The summed E-state index contributed by atoms with van der Waals surface area (Å²) in [4.78, 5) is 11.7. The Hall–Kier alpha value is 0.0300. The fourth-order valence-corrected chi connectivity index (χ4v) is 3.02. The van der Waals surface area contributed by atoms with Crippen molar-refractivity contribution >= 4 is 30.1 Å². The largest absolute Gasteiger partial charge is 0.378 e. The van der Waals surface area contributed by atoms with Crippen LogP contribution in [0.25, 0.3) is 0 Å². The molecule has 0 aromatic carbocycles. The Kier molecular flexibility index (Phi) is 7.27. The van der Waals surface area contributed by atoms with Crippen LogP contribution in [0.3, 0.4) is 0 Å². The fraction of sp³-hybridized carbons (Fsp3) is 0.909. The fourth-order valence-electron chi connectivity index (χ4n) is 2.08. The molecular weight excluding hydrogens is 260 g/mol. The first-order valence-electron chi connectivity index (χ1n) is 6.07. The zero-order valence-corrected chi connectivity index (χ0v) is 11.6. The molecule has 0 aromatic heterocycles. The van der Waals surface area contributed by atoms with E-state index >= 15 is 0 Å².